The van der Waals surface area contributed by atoms with Crippen molar-refractivity contribution in [3.63, 3.8) is 0 Å². The first-order valence-electron chi connectivity index (χ1n) is 7.19. The fraction of sp³-hybridized carbons (Fsp3) is 0.333. The fourth-order valence-corrected chi connectivity index (χ4v) is 2.28. The maximum absolute atomic E-state index is 5.23. The molecule has 0 saturated heterocycles. The smallest absolute Gasteiger partial charge is 0.118 e. The second kappa shape index (κ2) is 7.11. The van der Waals surface area contributed by atoms with Gasteiger partial charge in [0.25, 0.3) is 0 Å². The van der Waals surface area contributed by atoms with Crippen molar-refractivity contribution in [1.29, 1.82) is 0 Å². The fourth-order valence-electron chi connectivity index (χ4n) is 2.28. The van der Waals surface area contributed by atoms with Gasteiger partial charge < -0.3 is 10.1 Å². The Kier molecular flexibility index (Phi) is 5.19. The highest BCUT2D eigenvalue weighted by atomic mass is 16.5. The van der Waals surface area contributed by atoms with Gasteiger partial charge in [-0.3, -0.25) is 0 Å². The molecule has 2 aromatic rings. The van der Waals surface area contributed by atoms with E-state index < -0.39 is 0 Å². The molecule has 0 saturated carbocycles. The van der Waals surface area contributed by atoms with Gasteiger partial charge in [-0.15, -0.1) is 0 Å². The lowest BCUT2D eigenvalue weighted by molar-refractivity contribution is 0.415. The maximum atomic E-state index is 5.23. The number of ether oxygens (including phenoxy) is 1. The number of rotatable bonds is 6. The number of hydrogen-bond acceptors (Lipinski definition) is 2. The highest BCUT2D eigenvalue weighted by Crippen LogP contribution is 2.27. The highest BCUT2D eigenvalue weighted by Gasteiger charge is 2.05. The average molecular weight is 269 g/mol. The Hall–Kier alpha value is -1.80. The summed E-state index contributed by atoms with van der Waals surface area (Å²) in [4.78, 5) is 0. The molecule has 0 amide bonds. The average Bonchev–Trinajstić information content (AvgIpc) is 2.49. The van der Waals surface area contributed by atoms with E-state index in [2.05, 4.69) is 49.5 Å². The van der Waals surface area contributed by atoms with Gasteiger partial charge in [0.1, 0.15) is 5.75 Å². The summed E-state index contributed by atoms with van der Waals surface area (Å²) in [6, 6.07) is 14.9. The molecule has 0 unspecified atom stereocenters. The largest absolute Gasteiger partial charge is 0.497 e. The molecular formula is C18H23NO. The Morgan fingerprint density at radius 1 is 1.05 bits per heavy atom. The van der Waals surface area contributed by atoms with E-state index in [1.54, 1.807) is 7.11 Å². The molecule has 2 rings (SSSR count). The SMILES string of the molecule is CCCNCc1ccc(C)cc1-c1ccc(OC)cc1. The van der Waals surface area contributed by atoms with Gasteiger partial charge in [0, 0.05) is 6.54 Å². The maximum Gasteiger partial charge on any atom is 0.118 e. The highest BCUT2D eigenvalue weighted by molar-refractivity contribution is 5.68. The van der Waals surface area contributed by atoms with Crippen LogP contribution in [0.4, 0.5) is 0 Å². The van der Waals surface area contributed by atoms with E-state index in [1.165, 1.54) is 22.3 Å². The Labute approximate surface area is 121 Å². The minimum Gasteiger partial charge on any atom is -0.497 e. The van der Waals surface area contributed by atoms with Gasteiger partial charge in [-0.2, -0.15) is 0 Å². The Balaban J connectivity index is 2.29. The third-order valence-electron chi connectivity index (χ3n) is 3.41. The van der Waals surface area contributed by atoms with Crippen LogP contribution in [0.25, 0.3) is 11.1 Å². The van der Waals surface area contributed by atoms with Crippen LogP contribution in [-0.2, 0) is 6.54 Å². The molecule has 2 aromatic carbocycles. The zero-order chi connectivity index (χ0) is 14.4. The van der Waals surface area contributed by atoms with Gasteiger partial charge in [0.05, 0.1) is 7.11 Å². The molecule has 1 N–H and O–H groups in total. The Bertz CT molecular complexity index is 546. The molecule has 0 radical (unpaired) electrons. The monoisotopic (exact) mass is 269 g/mol. The summed E-state index contributed by atoms with van der Waals surface area (Å²) in [6.07, 6.45) is 1.16. The lowest BCUT2D eigenvalue weighted by atomic mass is 9.97. The van der Waals surface area contributed by atoms with Crippen LogP contribution >= 0.6 is 0 Å². The van der Waals surface area contributed by atoms with Crippen molar-refractivity contribution in [2.24, 2.45) is 0 Å². The predicted octanol–water partition coefficient (Wildman–Crippen LogP) is 4.17. The predicted molar refractivity (Wildman–Crippen MR) is 85.2 cm³/mol. The van der Waals surface area contributed by atoms with Crippen molar-refractivity contribution < 1.29 is 4.74 Å². The number of benzene rings is 2. The van der Waals surface area contributed by atoms with Crippen LogP contribution in [0.15, 0.2) is 42.5 Å². The van der Waals surface area contributed by atoms with Gasteiger partial charge in [-0.25, -0.2) is 0 Å². The van der Waals surface area contributed by atoms with Crippen LogP contribution in [0.2, 0.25) is 0 Å². The number of methoxy groups -OCH3 is 1. The van der Waals surface area contributed by atoms with Crippen LogP contribution in [0.3, 0.4) is 0 Å². The molecule has 0 atom stereocenters. The van der Waals surface area contributed by atoms with Crippen LogP contribution in [0, 0.1) is 6.92 Å². The molecule has 106 valence electrons. The number of hydrogen-bond donors (Lipinski definition) is 1. The van der Waals surface area contributed by atoms with Gasteiger partial charge >= 0.3 is 0 Å². The zero-order valence-corrected chi connectivity index (χ0v) is 12.6. The topological polar surface area (TPSA) is 21.3 Å². The molecular weight excluding hydrogens is 246 g/mol. The summed E-state index contributed by atoms with van der Waals surface area (Å²) in [5, 5.41) is 3.48. The second-order valence-corrected chi connectivity index (χ2v) is 5.07. The summed E-state index contributed by atoms with van der Waals surface area (Å²) < 4.78 is 5.23. The quantitative estimate of drug-likeness (QED) is 0.795. The van der Waals surface area contributed by atoms with Gasteiger partial charge in [0.15, 0.2) is 0 Å². The second-order valence-electron chi connectivity index (χ2n) is 5.07. The summed E-state index contributed by atoms with van der Waals surface area (Å²) >= 11 is 0. The molecule has 0 heterocycles. The standard InChI is InChI=1S/C18H23NO/c1-4-11-19-13-16-6-5-14(2)12-18(16)15-7-9-17(20-3)10-8-15/h5-10,12,19H,4,11,13H2,1-3H3. The van der Waals surface area contributed by atoms with Crippen LogP contribution in [0.1, 0.15) is 24.5 Å². The number of aryl methyl sites for hydroxylation is 1. The molecule has 0 aliphatic rings. The molecule has 0 bridgehead atoms. The first-order valence-corrected chi connectivity index (χ1v) is 7.19. The van der Waals surface area contributed by atoms with Crippen molar-refractivity contribution in [2.45, 2.75) is 26.8 Å². The zero-order valence-electron chi connectivity index (χ0n) is 12.6. The Morgan fingerprint density at radius 2 is 1.80 bits per heavy atom. The summed E-state index contributed by atoms with van der Waals surface area (Å²) in [5.74, 6) is 0.895. The van der Waals surface area contributed by atoms with Gasteiger partial charge in [-0.1, -0.05) is 42.8 Å². The normalized spacial score (nSPS) is 10.6. The minimum absolute atomic E-state index is 0.895. The van der Waals surface area contributed by atoms with Crippen LogP contribution in [0.5, 0.6) is 5.75 Å². The van der Waals surface area contributed by atoms with E-state index in [0.717, 1.165) is 25.3 Å². The van der Waals surface area contributed by atoms with Crippen molar-refractivity contribution in [2.75, 3.05) is 13.7 Å². The van der Waals surface area contributed by atoms with E-state index >= 15 is 0 Å². The van der Waals surface area contributed by atoms with Gasteiger partial charge in [0.2, 0.25) is 0 Å². The van der Waals surface area contributed by atoms with Crippen LogP contribution < -0.4 is 10.1 Å². The third-order valence-corrected chi connectivity index (χ3v) is 3.41. The lowest BCUT2D eigenvalue weighted by Crippen LogP contribution is -2.14. The van der Waals surface area contributed by atoms with Crippen molar-refractivity contribution >= 4 is 0 Å². The van der Waals surface area contributed by atoms with Crippen molar-refractivity contribution in [3.05, 3.63) is 53.6 Å². The summed E-state index contributed by atoms with van der Waals surface area (Å²) in [6.45, 7) is 6.29. The van der Waals surface area contributed by atoms with E-state index in [0.29, 0.717) is 0 Å². The van der Waals surface area contributed by atoms with E-state index in [-0.39, 0.29) is 0 Å². The molecule has 0 aromatic heterocycles. The van der Waals surface area contributed by atoms with E-state index in [1.807, 2.05) is 12.1 Å². The first-order chi connectivity index (χ1) is 9.74. The number of nitrogens with one attached hydrogen (secondary N) is 1. The lowest BCUT2D eigenvalue weighted by Gasteiger charge is -2.12. The Morgan fingerprint density at radius 3 is 2.45 bits per heavy atom. The molecule has 0 fully saturated rings. The molecule has 0 spiro atoms. The van der Waals surface area contributed by atoms with Crippen LogP contribution in [-0.4, -0.2) is 13.7 Å². The van der Waals surface area contributed by atoms with Crippen molar-refractivity contribution in [3.8, 4) is 16.9 Å². The first kappa shape index (κ1) is 14.6. The molecule has 0 aliphatic carbocycles. The molecule has 20 heavy (non-hydrogen) atoms. The van der Waals surface area contributed by atoms with Crippen molar-refractivity contribution in [1.82, 2.24) is 5.32 Å². The van der Waals surface area contributed by atoms with Gasteiger partial charge in [-0.05, 0) is 48.7 Å². The minimum atomic E-state index is 0.895. The summed E-state index contributed by atoms with van der Waals surface area (Å²) in [7, 11) is 1.70. The molecule has 2 heteroatoms. The summed E-state index contributed by atoms with van der Waals surface area (Å²) in [5.41, 5.74) is 5.17. The van der Waals surface area contributed by atoms with E-state index in [4.69, 9.17) is 4.74 Å². The molecule has 2 nitrogen and oxygen atoms in total. The molecule has 0 aliphatic heterocycles. The van der Waals surface area contributed by atoms with E-state index in [9.17, 15) is 0 Å². The third kappa shape index (κ3) is 3.61.